The molecule has 1 heterocycles. The van der Waals surface area contributed by atoms with Crippen LogP contribution in [0.3, 0.4) is 0 Å². The molecule has 0 unspecified atom stereocenters. The van der Waals surface area contributed by atoms with E-state index in [0.29, 0.717) is 17.5 Å². The van der Waals surface area contributed by atoms with Crippen molar-refractivity contribution in [2.45, 2.75) is 32.5 Å². The zero-order valence-electron chi connectivity index (χ0n) is 8.60. The molecule has 5 heteroatoms. The Bertz CT molecular complexity index is 347. The fourth-order valence-electron chi connectivity index (χ4n) is 1.33. The van der Waals surface area contributed by atoms with Crippen molar-refractivity contribution in [1.82, 2.24) is 4.98 Å². The van der Waals surface area contributed by atoms with E-state index in [4.69, 9.17) is 5.73 Å². The van der Waals surface area contributed by atoms with E-state index in [0.717, 1.165) is 6.07 Å². The van der Waals surface area contributed by atoms with Crippen molar-refractivity contribution < 1.29 is 13.2 Å². The summed E-state index contributed by atoms with van der Waals surface area (Å²) in [6, 6.07) is 0.782. The molecule has 15 heavy (non-hydrogen) atoms. The van der Waals surface area contributed by atoms with Crippen LogP contribution in [0.15, 0.2) is 12.3 Å². The van der Waals surface area contributed by atoms with Gasteiger partial charge < -0.3 is 5.73 Å². The van der Waals surface area contributed by atoms with Gasteiger partial charge in [0, 0.05) is 12.2 Å². The number of rotatable bonds is 2. The van der Waals surface area contributed by atoms with Crippen LogP contribution in [0.25, 0.3) is 0 Å². The predicted molar refractivity (Wildman–Crippen MR) is 51.2 cm³/mol. The second kappa shape index (κ2) is 4.18. The number of alkyl halides is 3. The first kappa shape index (κ1) is 12.0. The van der Waals surface area contributed by atoms with Gasteiger partial charge in [0.2, 0.25) is 0 Å². The third-order valence-electron chi connectivity index (χ3n) is 2.28. The Labute approximate surface area is 86.3 Å². The summed E-state index contributed by atoms with van der Waals surface area (Å²) in [6.45, 7) is 3.49. The summed E-state index contributed by atoms with van der Waals surface area (Å²) in [5.74, 6) is 0. The van der Waals surface area contributed by atoms with Gasteiger partial charge in [-0.25, -0.2) is 0 Å². The van der Waals surface area contributed by atoms with E-state index in [1.807, 2.05) is 6.92 Å². The standard InChI is InChI=1S/C10H13F3N2/c1-3-8(14)7-5-15-9(4-6(7)2)10(11,12)13/h4-5,8H,3,14H2,1-2H3/t8-/m1/s1. The largest absolute Gasteiger partial charge is 0.433 e. The molecule has 0 aliphatic heterocycles. The van der Waals surface area contributed by atoms with Gasteiger partial charge in [0.25, 0.3) is 0 Å². The average molecular weight is 218 g/mol. The van der Waals surface area contributed by atoms with Gasteiger partial charge in [-0.3, -0.25) is 4.98 Å². The molecule has 0 aliphatic rings. The smallest absolute Gasteiger partial charge is 0.324 e. The molecule has 0 aliphatic carbocycles. The van der Waals surface area contributed by atoms with Crippen LogP contribution in [0.1, 0.15) is 36.2 Å². The van der Waals surface area contributed by atoms with Gasteiger partial charge in [-0.2, -0.15) is 13.2 Å². The Hall–Kier alpha value is -1.10. The normalized spacial score (nSPS) is 14.0. The van der Waals surface area contributed by atoms with E-state index < -0.39 is 11.9 Å². The molecule has 2 nitrogen and oxygen atoms in total. The van der Waals surface area contributed by atoms with Gasteiger partial charge in [-0.15, -0.1) is 0 Å². The van der Waals surface area contributed by atoms with Crippen LogP contribution in [0.5, 0.6) is 0 Å². The van der Waals surface area contributed by atoms with Crippen molar-refractivity contribution in [3.63, 3.8) is 0 Å². The highest BCUT2D eigenvalue weighted by Crippen LogP contribution is 2.29. The number of nitrogens with two attached hydrogens (primary N) is 1. The first-order valence-electron chi connectivity index (χ1n) is 4.65. The number of hydrogen-bond donors (Lipinski definition) is 1. The number of hydrogen-bond acceptors (Lipinski definition) is 2. The first-order chi connectivity index (χ1) is 6.86. The Morgan fingerprint density at radius 2 is 2.07 bits per heavy atom. The maximum atomic E-state index is 12.3. The van der Waals surface area contributed by atoms with Crippen molar-refractivity contribution in [2.24, 2.45) is 5.73 Å². The van der Waals surface area contributed by atoms with E-state index in [2.05, 4.69) is 4.98 Å². The van der Waals surface area contributed by atoms with E-state index in [9.17, 15) is 13.2 Å². The molecule has 0 spiro atoms. The third kappa shape index (κ3) is 2.68. The summed E-state index contributed by atoms with van der Waals surface area (Å²) in [4.78, 5) is 3.37. The number of aromatic nitrogens is 1. The van der Waals surface area contributed by atoms with Crippen LogP contribution in [-0.2, 0) is 6.18 Å². The monoisotopic (exact) mass is 218 g/mol. The Kier molecular flexibility index (Phi) is 3.34. The van der Waals surface area contributed by atoms with Crippen LogP contribution in [0.4, 0.5) is 13.2 Å². The van der Waals surface area contributed by atoms with Crippen molar-refractivity contribution in [3.8, 4) is 0 Å². The highest BCUT2D eigenvalue weighted by atomic mass is 19.4. The topological polar surface area (TPSA) is 38.9 Å². The van der Waals surface area contributed by atoms with Crippen molar-refractivity contribution >= 4 is 0 Å². The molecule has 0 fully saturated rings. The summed E-state index contributed by atoms with van der Waals surface area (Å²) in [7, 11) is 0. The molecule has 0 aromatic carbocycles. The Morgan fingerprint density at radius 1 is 1.47 bits per heavy atom. The minimum Gasteiger partial charge on any atom is -0.324 e. The third-order valence-corrected chi connectivity index (χ3v) is 2.28. The number of halogens is 3. The number of aryl methyl sites for hydroxylation is 1. The predicted octanol–water partition coefficient (Wildman–Crippen LogP) is 2.82. The molecular formula is C10H13F3N2. The molecule has 1 rings (SSSR count). The first-order valence-corrected chi connectivity index (χ1v) is 4.65. The Morgan fingerprint density at radius 3 is 2.47 bits per heavy atom. The maximum Gasteiger partial charge on any atom is 0.433 e. The molecule has 0 bridgehead atoms. The zero-order chi connectivity index (χ0) is 11.6. The summed E-state index contributed by atoms with van der Waals surface area (Å²) in [5.41, 5.74) is 6.07. The van der Waals surface area contributed by atoms with Gasteiger partial charge in [-0.05, 0) is 30.5 Å². The van der Waals surface area contributed by atoms with Crippen molar-refractivity contribution in [2.75, 3.05) is 0 Å². The summed E-state index contributed by atoms with van der Waals surface area (Å²) in [5, 5.41) is 0. The Balaban J connectivity index is 3.09. The lowest BCUT2D eigenvalue weighted by atomic mass is 10.0. The molecule has 2 N–H and O–H groups in total. The van der Waals surface area contributed by atoms with Crippen LogP contribution in [0, 0.1) is 6.92 Å². The summed E-state index contributed by atoms with van der Waals surface area (Å²) >= 11 is 0. The van der Waals surface area contributed by atoms with Crippen molar-refractivity contribution in [1.29, 1.82) is 0 Å². The van der Waals surface area contributed by atoms with Gasteiger partial charge in [0.05, 0.1) is 0 Å². The summed E-state index contributed by atoms with van der Waals surface area (Å²) in [6.07, 6.45) is -2.50. The van der Waals surface area contributed by atoms with Gasteiger partial charge in [0.15, 0.2) is 0 Å². The quantitative estimate of drug-likeness (QED) is 0.828. The van der Waals surface area contributed by atoms with E-state index in [1.165, 1.54) is 6.20 Å². The van der Waals surface area contributed by atoms with Crippen LogP contribution >= 0.6 is 0 Å². The van der Waals surface area contributed by atoms with E-state index in [1.54, 1.807) is 6.92 Å². The average Bonchev–Trinajstić information content (AvgIpc) is 2.15. The van der Waals surface area contributed by atoms with Crippen LogP contribution < -0.4 is 5.73 Å². The van der Waals surface area contributed by atoms with E-state index >= 15 is 0 Å². The molecule has 1 aromatic rings. The lowest BCUT2D eigenvalue weighted by Gasteiger charge is -2.14. The van der Waals surface area contributed by atoms with Crippen LogP contribution in [-0.4, -0.2) is 4.98 Å². The molecule has 0 radical (unpaired) electrons. The lowest BCUT2D eigenvalue weighted by molar-refractivity contribution is -0.141. The molecule has 84 valence electrons. The van der Waals surface area contributed by atoms with Crippen LogP contribution in [0.2, 0.25) is 0 Å². The minimum atomic E-state index is -4.39. The lowest BCUT2D eigenvalue weighted by Crippen LogP contribution is -2.14. The molecule has 1 aromatic heterocycles. The maximum absolute atomic E-state index is 12.3. The second-order valence-electron chi connectivity index (χ2n) is 3.44. The minimum absolute atomic E-state index is 0.250. The van der Waals surface area contributed by atoms with Crippen molar-refractivity contribution in [3.05, 3.63) is 29.1 Å². The molecule has 0 saturated carbocycles. The zero-order valence-corrected chi connectivity index (χ0v) is 8.60. The number of nitrogens with zero attached hydrogens (tertiary/aromatic N) is 1. The highest BCUT2D eigenvalue weighted by molar-refractivity contribution is 5.28. The molecule has 0 amide bonds. The van der Waals surface area contributed by atoms with Gasteiger partial charge in [-0.1, -0.05) is 6.92 Å². The van der Waals surface area contributed by atoms with E-state index in [-0.39, 0.29) is 6.04 Å². The molecular weight excluding hydrogens is 205 g/mol. The fraction of sp³-hybridized carbons (Fsp3) is 0.500. The van der Waals surface area contributed by atoms with Gasteiger partial charge in [0.1, 0.15) is 5.69 Å². The highest BCUT2D eigenvalue weighted by Gasteiger charge is 2.32. The fourth-order valence-corrected chi connectivity index (χ4v) is 1.33. The number of pyridine rings is 1. The molecule has 1 atom stereocenters. The van der Waals surface area contributed by atoms with Gasteiger partial charge >= 0.3 is 6.18 Å². The SMILES string of the molecule is CC[C@@H](N)c1cnc(C(F)(F)F)cc1C. The molecule has 0 saturated heterocycles. The summed E-state index contributed by atoms with van der Waals surface area (Å²) < 4.78 is 36.9. The second-order valence-corrected chi connectivity index (χ2v) is 3.44.